The maximum atomic E-state index is 12.5. The average Bonchev–Trinajstić information content (AvgIpc) is 2.64. The highest BCUT2D eigenvalue weighted by Crippen LogP contribution is 2.20. The van der Waals surface area contributed by atoms with E-state index in [0.717, 1.165) is 28.8 Å². The second-order valence-corrected chi connectivity index (χ2v) is 7.78. The quantitative estimate of drug-likeness (QED) is 0.637. The molecule has 2 rings (SSSR count). The van der Waals surface area contributed by atoms with Gasteiger partial charge in [0.1, 0.15) is 0 Å². The molecule has 0 aliphatic heterocycles. The standard InChI is InChI=1S/C22H29N3O3/c1-6-17-9-7-8-15(2)19(17)23-24-20(26)18-12-10-16(11-13-18)14-25(21(27)28)22(3,4)5/h7-13,23H,6,14H2,1-5H3,(H,24,26)(H,27,28). The van der Waals surface area contributed by atoms with Crippen LogP contribution in [0.4, 0.5) is 10.5 Å². The Morgan fingerprint density at radius 3 is 2.25 bits per heavy atom. The molecule has 6 heteroatoms. The van der Waals surface area contributed by atoms with Gasteiger partial charge in [-0.15, -0.1) is 0 Å². The number of nitrogens with zero attached hydrogens (tertiary/aromatic N) is 1. The Hall–Kier alpha value is -3.02. The van der Waals surface area contributed by atoms with Gasteiger partial charge in [-0.25, -0.2) is 4.79 Å². The number of rotatable bonds is 6. The number of aryl methyl sites for hydroxylation is 2. The smallest absolute Gasteiger partial charge is 0.408 e. The number of anilines is 1. The first kappa shape index (κ1) is 21.3. The number of hydrogen-bond acceptors (Lipinski definition) is 3. The highest BCUT2D eigenvalue weighted by molar-refractivity contribution is 5.95. The minimum absolute atomic E-state index is 0.247. The van der Waals surface area contributed by atoms with Gasteiger partial charge in [0.15, 0.2) is 0 Å². The summed E-state index contributed by atoms with van der Waals surface area (Å²) in [5.41, 5.74) is 9.70. The van der Waals surface area contributed by atoms with Crippen molar-refractivity contribution in [3.63, 3.8) is 0 Å². The topological polar surface area (TPSA) is 81.7 Å². The van der Waals surface area contributed by atoms with E-state index in [1.165, 1.54) is 4.90 Å². The number of para-hydroxylation sites is 1. The molecule has 0 unspecified atom stereocenters. The molecule has 150 valence electrons. The SMILES string of the molecule is CCc1cccc(C)c1NNC(=O)c1ccc(CN(C(=O)O)C(C)(C)C)cc1. The van der Waals surface area contributed by atoms with Crippen LogP contribution in [0.2, 0.25) is 0 Å². The first-order valence-corrected chi connectivity index (χ1v) is 9.37. The first-order valence-electron chi connectivity index (χ1n) is 9.37. The van der Waals surface area contributed by atoms with Crippen molar-refractivity contribution in [3.05, 3.63) is 64.7 Å². The van der Waals surface area contributed by atoms with E-state index in [2.05, 4.69) is 17.8 Å². The van der Waals surface area contributed by atoms with Crippen LogP contribution in [-0.4, -0.2) is 27.5 Å². The van der Waals surface area contributed by atoms with Crippen LogP contribution in [0.25, 0.3) is 0 Å². The lowest BCUT2D eigenvalue weighted by molar-refractivity contribution is 0.0944. The molecule has 3 N–H and O–H groups in total. The van der Waals surface area contributed by atoms with Crippen molar-refractivity contribution in [2.45, 2.75) is 53.1 Å². The summed E-state index contributed by atoms with van der Waals surface area (Å²) in [5, 5.41) is 9.41. The molecule has 0 fully saturated rings. The third-order valence-electron chi connectivity index (χ3n) is 4.64. The molecule has 0 spiro atoms. The number of nitrogens with one attached hydrogen (secondary N) is 2. The molecule has 0 aliphatic rings. The van der Waals surface area contributed by atoms with Crippen LogP contribution in [0.5, 0.6) is 0 Å². The fourth-order valence-electron chi connectivity index (χ4n) is 2.93. The van der Waals surface area contributed by atoms with Crippen molar-refractivity contribution < 1.29 is 14.7 Å². The number of amides is 2. The van der Waals surface area contributed by atoms with E-state index in [1.54, 1.807) is 24.3 Å². The molecule has 0 saturated heterocycles. The zero-order valence-electron chi connectivity index (χ0n) is 17.2. The van der Waals surface area contributed by atoms with Crippen molar-refractivity contribution in [3.8, 4) is 0 Å². The van der Waals surface area contributed by atoms with Gasteiger partial charge in [-0.1, -0.05) is 37.3 Å². The van der Waals surface area contributed by atoms with E-state index in [9.17, 15) is 14.7 Å². The lowest BCUT2D eigenvalue weighted by atomic mass is 10.0. The second kappa shape index (κ2) is 8.78. The largest absolute Gasteiger partial charge is 0.465 e. The molecule has 0 bridgehead atoms. The maximum absolute atomic E-state index is 12.5. The average molecular weight is 383 g/mol. The van der Waals surface area contributed by atoms with Gasteiger partial charge >= 0.3 is 6.09 Å². The van der Waals surface area contributed by atoms with Gasteiger partial charge in [0, 0.05) is 17.6 Å². The van der Waals surface area contributed by atoms with Crippen LogP contribution in [-0.2, 0) is 13.0 Å². The summed E-state index contributed by atoms with van der Waals surface area (Å²) in [6, 6.07) is 13.0. The number of hydrazine groups is 1. The third-order valence-corrected chi connectivity index (χ3v) is 4.64. The number of carboxylic acid groups (broad SMARTS) is 1. The minimum atomic E-state index is -0.969. The van der Waals surface area contributed by atoms with E-state index in [0.29, 0.717) is 5.56 Å². The Morgan fingerprint density at radius 1 is 1.07 bits per heavy atom. The van der Waals surface area contributed by atoms with Crippen molar-refractivity contribution in [2.24, 2.45) is 0 Å². The van der Waals surface area contributed by atoms with Gasteiger partial charge < -0.3 is 5.11 Å². The highest BCUT2D eigenvalue weighted by atomic mass is 16.4. The van der Waals surface area contributed by atoms with Crippen molar-refractivity contribution in [1.82, 2.24) is 10.3 Å². The van der Waals surface area contributed by atoms with E-state index >= 15 is 0 Å². The van der Waals surface area contributed by atoms with E-state index < -0.39 is 11.6 Å². The molecular weight excluding hydrogens is 354 g/mol. The normalized spacial score (nSPS) is 11.0. The van der Waals surface area contributed by atoms with Crippen LogP contribution >= 0.6 is 0 Å². The molecule has 0 aliphatic carbocycles. The molecule has 0 atom stereocenters. The number of carbonyl (C=O) groups excluding carboxylic acids is 1. The molecule has 2 amide bonds. The Bertz CT molecular complexity index is 839. The van der Waals surface area contributed by atoms with Crippen LogP contribution in [0.1, 0.15) is 54.7 Å². The molecule has 0 aromatic heterocycles. The van der Waals surface area contributed by atoms with Crippen LogP contribution in [0.3, 0.4) is 0 Å². The molecule has 2 aromatic carbocycles. The Kier molecular flexibility index (Phi) is 6.67. The number of hydrogen-bond donors (Lipinski definition) is 3. The fourth-order valence-corrected chi connectivity index (χ4v) is 2.93. The van der Waals surface area contributed by atoms with Crippen molar-refractivity contribution in [2.75, 3.05) is 5.43 Å². The summed E-state index contributed by atoms with van der Waals surface area (Å²) in [5.74, 6) is -0.247. The molecule has 0 saturated carbocycles. The monoisotopic (exact) mass is 383 g/mol. The summed E-state index contributed by atoms with van der Waals surface area (Å²) < 4.78 is 0. The predicted octanol–water partition coefficient (Wildman–Crippen LogP) is 4.59. The Morgan fingerprint density at radius 2 is 1.71 bits per heavy atom. The molecule has 28 heavy (non-hydrogen) atoms. The summed E-state index contributed by atoms with van der Waals surface area (Å²) in [4.78, 5) is 25.3. The van der Waals surface area contributed by atoms with E-state index in [4.69, 9.17) is 0 Å². The summed E-state index contributed by atoms with van der Waals surface area (Å²) >= 11 is 0. The van der Waals surface area contributed by atoms with Crippen LogP contribution < -0.4 is 10.9 Å². The molecule has 0 radical (unpaired) electrons. The molecular formula is C22H29N3O3. The maximum Gasteiger partial charge on any atom is 0.408 e. The molecule has 2 aromatic rings. The molecule has 0 heterocycles. The number of benzene rings is 2. The van der Waals surface area contributed by atoms with Gasteiger partial charge in [-0.3, -0.25) is 20.5 Å². The fraction of sp³-hybridized carbons (Fsp3) is 0.364. The summed E-state index contributed by atoms with van der Waals surface area (Å²) in [7, 11) is 0. The van der Waals surface area contributed by atoms with Crippen molar-refractivity contribution in [1.29, 1.82) is 0 Å². The molecule has 6 nitrogen and oxygen atoms in total. The van der Waals surface area contributed by atoms with Gasteiger partial charge in [-0.05, 0) is 62.9 Å². The highest BCUT2D eigenvalue weighted by Gasteiger charge is 2.26. The van der Waals surface area contributed by atoms with Gasteiger partial charge in [0.25, 0.3) is 5.91 Å². The van der Waals surface area contributed by atoms with E-state index in [-0.39, 0.29) is 12.5 Å². The van der Waals surface area contributed by atoms with Crippen LogP contribution in [0, 0.1) is 6.92 Å². The van der Waals surface area contributed by atoms with Crippen LogP contribution in [0.15, 0.2) is 42.5 Å². The number of carbonyl (C=O) groups is 2. The summed E-state index contributed by atoms with van der Waals surface area (Å²) in [6.07, 6.45) is -0.105. The lowest BCUT2D eigenvalue weighted by Crippen LogP contribution is -2.44. The van der Waals surface area contributed by atoms with Crippen molar-refractivity contribution >= 4 is 17.7 Å². The van der Waals surface area contributed by atoms with Gasteiger partial charge in [-0.2, -0.15) is 0 Å². The lowest BCUT2D eigenvalue weighted by Gasteiger charge is -2.33. The minimum Gasteiger partial charge on any atom is -0.465 e. The first-order chi connectivity index (χ1) is 13.1. The summed E-state index contributed by atoms with van der Waals surface area (Å²) in [6.45, 7) is 9.88. The van der Waals surface area contributed by atoms with Gasteiger partial charge in [0.2, 0.25) is 0 Å². The Balaban J connectivity index is 2.05. The predicted molar refractivity (Wildman–Crippen MR) is 111 cm³/mol. The second-order valence-electron chi connectivity index (χ2n) is 7.78. The Labute approximate surface area is 166 Å². The zero-order chi connectivity index (χ0) is 20.9. The third kappa shape index (κ3) is 5.25. The van der Waals surface area contributed by atoms with E-state index in [1.807, 2.05) is 45.9 Å². The zero-order valence-corrected chi connectivity index (χ0v) is 17.2. The van der Waals surface area contributed by atoms with Gasteiger partial charge in [0.05, 0.1) is 5.69 Å².